The maximum atomic E-state index is 13.4. The molecule has 3 rings (SSSR count). The second-order valence-corrected chi connectivity index (χ2v) is 8.93. The molecule has 7 heteroatoms. The summed E-state index contributed by atoms with van der Waals surface area (Å²) in [4.78, 5) is 40.7. The van der Waals surface area contributed by atoms with Gasteiger partial charge < -0.3 is 9.84 Å². The summed E-state index contributed by atoms with van der Waals surface area (Å²) in [6.45, 7) is 7.36. The minimum Gasteiger partial charge on any atom is -0.496 e. The molecule has 2 fully saturated rings. The molecule has 0 aromatic heterocycles. The Morgan fingerprint density at radius 1 is 1.24 bits per heavy atom. The smallest absolute Gasteiger partial charge is 0.324 e. The van der Waals surface area contributed by atoms with Crippen molar-refractivity contribution in [1.82, 2.24) is 10.2 Å². The van der Waals surface area contributed by atoms with Gasteiger partial charge in [0.25, 0.3) is 0 Å². The number of ether oxygens (including phenoxy) is 1. The van der Waals surface area contributed by atoms with E-state index in [-0.39, 0.29) is 12.3 Å². The number of nitrogens with zero attached hydrogens (tertiary/aromatic N) is 1. The molecule has 4 unspecified atom stereocenters. The molecule has 0 bridgehead atoms. The first kappa shape index (κ1) is 21.3. The number of unbranched alkanes of at least 4 members (excludes halogenated alkanes) is 1. The van der Waals surface area contributed by atoms with Crippen LogP contribution >= 0.6 is 0 Å². The monoisotopic (exact) mass is 402 g/mol. The standard InChI is InChI=1S/C22H30N2O5/c1-6-7-12-22(20(27)28)16-15(18(25)24(19(16)26)21(2,3)4)17(23-22)13-10-8-9-11-14(13)29-5/h8-11,15-17,23H,6-7,12H2,1-5H3,(H,27,28). The number of hydrogen-bond donors (Lipinski definition) is 2. The van der Waals surface area contributed by atoms with Crippen molar-refractivity contribution in [2.75, 3.05) is 7.11 Å². The summed E-state index contributed by atoms with van der Waals surface area (Å²) in [6, 6.07) is 6.63. The Labute approximate surface area is 171 Å². The van der Waals surface area contributed by atoms with Gasteiger partial charge in [-0.15, -0.1) is 0 Å². The van der Waals surface area contributed by atoms with Crippen molar-refractivity contribution in [2.24, 2.45) is 11.8 Å². The van der Waals surface area contributed by atoms with Crippen LogP contribution in [0.25, 0.3) is 0 Å². The summed E-state index contributed by atoms with van der Waals surface area (Å²) >= 11 is 0. The van der Waals surface area contributed by atoms with E-state index in [0.717, 1.165) is 6.42 Å². The van der Waals surface area contributed by atoms with E-state index in [9.17, 15) is 19.5 Å². The molecule has 29 heavy (non-hydrogen) atoms. The fourth-order valence-electron chi connectivity index (χ4n) is 4.84. The van der Waals surface area contributed by atoms with Crippen molar-refractivity contribution >= 4 is 17.8 Å². The Kier molecular flexibility index (Phi) is 5.47. The Bertz CT molecular complexity index is 831. The van der Waals surface area contributed by atoms with Crippen molar-refractivity contribution < 1.29 is 24.2 Å². The van der Waals surface area contributed by atoms with E-state index < -0.39 is 40.8 Å². The van der Waals surface area contributed by atoms with Gasteiger partial charge in [-0.1, -0.05) is 38.0 Å². The van der Waals surface area contributed by atoms with Crippen LogP contribution in [0.15, 0.2) is 24.3 Å². The molecule has 2 amide bonds. The predicted molar refractivity (Wildman–Crippen MR) is 107 cm³/mol. The third-order valence-corrected chi connectivity index (χ3v) is 6.11. The minimum atomic E-state index is -1.49. The van der Waals surface area contributed by atoms with Crippen molar-refractivity contribution in [3.05, 3.63) is 29.8 Å². The number of nitrogens with one attached hydrogen (secondary N) is 1. The number of aliphatic carboxylic acids is 1. The molecule has 0 spiro atoms. The van der Waals surface area contributed by atoms with Gasteiger partial charge in [0.2, 0.25) is 11.8 Å². The number of benzene rings is 1. The number of likely N-dealkylation sites (tertiary alicyclic amines) is 1. The molecule has 2 aliphatic rings. The summed E-state index contributed by atoms with van der Waals surface area (Å²) in [5.74, 6) is -2.99. The van der Waals surface area contributed by atoms with Gasteiger partial charge in [0, 0.05) is 17.1 Å². The van der Waals surface area contributed by atoms with Gasteiger partial charge in [0.15, 0.2) is 0 Å². The van der Waals surface area contributed by atoms with E-state index in [1.54, 1.807) is 26.8 Å². The van der Waals surface area contributed by atoms with Crippen LogP contribution in [0.4, 0.5) is 0 Å². The Morgan fingerprint density at radius 2 is 1.90 bits per heavy atom. The number of para-hydroxylation sites is 1. The molecule has 1 aromatic rings. The number of hydrogen-bond acceptors (Lipinski definition) is 5. The number of methoxy groups -OCH3 is 1. The molecule has 0 aliphatic carbocycles. The maximum absolute atomic E-state index is 13.4. The van der Waals surface area contributed by atoms with Gasteiger partial charge in [0.05, 0.1) is 18.9 Å². The topological polar surface area (TPSA) is 95.9 Å². The van der Waals surface area contributed by atoms with Gasteiger partial charge in [-0.2, -0.15) is 0 Å². The molecular formula is C22H30N2O5. The van der Waals surface area contributed by atoms with Crippen molar-refractivity contribution in [3.63, 3.8) is 0 Å². The summed E-state index contributed by atoms with van der Waals surface area (Å²) in [5, 5.41) is 13.5. The summed E-state index contributed by atoms with van der Waals surface area (Å²) in [5.41, 5.74) is -1.51. The first-order chi connectivity index (χ1) is 13.6. The molecule has 7 nitrogen and oxygen atoms in total. The van der Waals surface area contributed by atoms with Crippen LogP contribution in [0, 0.1) is 11.8 Å². The van der Waals surface area contributed by atoms with Gasteiger partial charge in [0.1, 0.15) is 11.3 Å². The molecule has 0 saturated carbocycles. The van der Waals surface area contributed by atoms with E-state index in [2.05, 4.69) is 5.32 Å². The molecule has 2 saturated heterocycles. The second kappa shape index (κ2) is 7.44. The number of carbonyl (C=O) groups is 3. The summed E-state index contributed by atoms with van der Waals surface area (Å²) < 4.78 is 5.47. The Balaban J connectivity index is 2.19. The highest BCUT2D eigenvalue weighted by atomic mass is 16.5. The number of rotatable bonds is 6. The zero-order chi connectivity index (χ0) is 21.6. The largest absolute Gasteiger partial charge is 0.496 e. The quantitative estimate of drug-likeness (QED) is 0.711. The second-order valence-electron chi connectivity index (χ2n) is 8.93. The van der Waals surface area contributed by atoms with Gasteiger partial charge in [-0.3, -0.25) is 24.6 Å². The lowest BCUT2D eigenvalue weighted by molar-refractivity contribution is -0.154. The average molecular weight is 402 g/mol. The zero-order valence-corrected chi connectivity index (χ0v) is 17.7. The first-order valence-electron chi connectivity index (χ1n) is 10.1. The normalized spacial score (nSPS) is 29.3. The molecular weight excluding hydrogens is 372 g/mol. The summed E-state index contributed by atoms with van der Waals surface area (Å²) in [6.07, 6.45) is 1.71. The molecule has 1 aromatic carbocycles. The molecule has 2 heterocycles. The molecule has 2 N–H and O–H groups in total. The van der Waals surface area contributed by atoms with E-state index in [4.69, 9.17) is 4.74 Å². The van der Waals surface area contributed by atoms with Crippen molar-refractivity contribution in [1.29, 1.82) is 0 Å². The van der Waals surface area contributed by atoms with E-state index >= 15 is 0 Å². The molecule has 0 radical (unpaired) electrons. The number of carbonyl (C=O) groups excluding carboxylic acids is 2. The van der Waals surface area contributed by atoms with Crippen LogP contribution in [-0.2, 0) is 14.4 Å². The Hall–Kier alpha value is -2.41. The summed E-state index contributed by atoms with van der Waals surface area (Å²) in [7, 11) is 1.54. The van der Waals surface area contributed by atoms with E-state index in [0.29, 0.717) is 17.7 Å². The highest BCUT2D eigenvalue weighted by molar-refractivity contribution is 6.10. The third-order valence-electron chi connectivity index (χ3n) is 6.11. The number of carboxylic acid groups (broad SMARTS) is 1. The Morgan fingerprint density at radius 3 is 2.45 bits per heavy atom. The van der Waals surface area contributed by atoms with Gasteiger partial charge in [-0.05, 0) is 33.3 Å². The third kappa shape index (κ3) is 3.21. The zero-order valence-electron chi connectivity index (χ0n) is 17.7. The van der Waals surface area contributed by atoms with Crippen molar-refractivity contribution in [2.45, 2.75) is 64.1 Å². The van der Waals surface area contributed by atoms with Crippen LogP contribution in [0.5, 0.6) is 5.75 Å². The number of carboxylic acids is 1. The van der Waals surface area contributed by atoms with Crippen LogP contribution < -0.4 is 10.1 Å². The fraction of sp³-hybridized carbons (Fsp3) is 0.591. The highest BCUT2D eigenvalue weighted by Gasteiger charge is 2.69. The molecule has 158 valence electrons. The van der Waals surface area contributed by atoms with Crippen LogP contribution in [0.1, 0.15) is 58.6 Å². The highest BCUT2D eigenvalue weighted by Crippen LogP contribution is 2.53. The minimum absolute atomic E-state index is 0.280. The van der Waals surface area contributed by atoms with Crippen LogP contribution in [-0.4, -0.2) is 46.0 Å². The lowest BCUT2D eigenvalue weighted by atomic mass is 9.76. The fourth-order valence-corrected chi connectivity index (χ4v) is 4.84. The van der Waals surface area contributed by atoms with E-state index in [1.807, 2.05) is 25.1 Å². The number of fused-ring (bicyclic) bond motifs is 1. The first-order valence-corrected chi connectivity index (χ1v) is 10.1. The number of imide groups is 1. The molecule has 2 aliphatic heterocycles. The van der Waals surface area contributed by atoms with Crippen LogP contribution in [0.2, 0.25) is 0 Å². The lowest BCUT2D eigenvalue weighted by Gasteiger charge is -2.35. The number of amides is 2. The molecule has 4 atom stereocenters. The van der Waals surface area contributed by atoms with Crippen molar-refractivity contribution in [3.8, 4) is 5.75 Å². The lowest BCUT2D eigenvalue weighted by Crippen LogP contribution is -2.57. The SMILES string of the molecule is CCCCC1(C(=O)O)NC(c2ccccc2OC)C2C(=O)N(C(C)(C)C)C(=O)C21. The maximum Gasteiger partial charge on any atom is 0.324 e. The average Bonchev–Trinajstić information content (AvgIpc) is 3.14. The van der Waals surface area contributed by atoms with Gasteiger partial charge in [-0.25, -0.2) is 0 Å². The van der Waals surface area contributed by atoms with Crippen LogP contribution in [0.3, 0.4) is 0 Å². The predicted octanol–water partition coefficient (Wildman–Crippen LogP) is 2.75. The van der Waals surface area contributed by atoms with E-state index in [1.165, 1.54) is 12.0 Å². The van der Waals surface area contributed by atoms with Gasteiger partial charge >= 0.3 is 5.97 Å².